The van der Waals surface area contributed by atoms with E-state index in [-0.39, 0.29) is 52.2 Å². The fourth-order valence-electron chi connectivity index (χ4n) is 4.36. The number of nitrogens with zero attached hydrogens (tertiary/aromatic N) is 6. The number of aromatic nitrogens is 2. The van der Waals surface area contributed by atoms with Gasteiger partial charge in [-0.1, -0.05) is 41.9 Å². The molecule has 3 aromatic rings. The van der Waals surface area contributed by atoms with Crippen LogP contribution in [-0.2, 0) is 11.3 Å². The normalized spacial score (nSPS) is 12.8. The van der Waals surface area contributed by atoms with Crippen LogP contribution in [0.1, 0.15) is 12.5 Å². The summed E-state index contributed by atoms with van der Waals surface area (Å²) in [7, 11) is 4.64. The van der Waals surface area contributed by atoms with Crippen LogP contribution in [0.3, 0.4) is 0 Å². The minimum atomic E-state index is -0.447. The third-order valence-electron chi connectivity index (χ3n) is 6.36. The molecular formula is C29H30Cl2N8O4. The number of para-hydroxylation sites is 2. The SMILES string of the molecule is C=CC(=O)Nc1ccccc1Nc1ncc2c(n1)N(C/C(C)=C/N(C)N=C)C(=O)N(c1c(Cl)c(OC)cc(OC)c1Cl)C2. The van der Waals surface area contributed by atoms with E-state index in [4.69, 9.17) is 37.7 Å². The number of methoxy groups -OCH3 is 2. The van der Waals surface area contributed by atoms with Crippen LogP contribution in [0.25, 0.3) is 0 Å². The minimum Gasteiger partial charge on any atom is -0.495 e. The first-order valence-electron chi connectivity index (χ1n) is 12.8. The fraction of sp³-hybridized carbons (Fsp3) is 0.207. The lowest BCUT2D eigenvalue weighted by molar-refractivity contribution is -0.111. The Labute approximate surface area is 259 Å². The molecule has 12 nitrogen and oxygen atoms in total. The van der Waals surface area contributed by atoms with Crippen molar-refractivity contribution in [2.75, 3.05) is 48.2 Å². The van der Waals surface area contributed by atoms with Crippen LogP contribution in [0.2, 0.25) is 10.0 Å². The van der Waals surface area contributed by atoms with Crippen LogP contribution >= 0.6 is 23.2 Å². The van der Waals surface area contributed by atoms with Gasteiger partial charge in [-0.05, 0) is 30.7 Å². The molecule has 0 saturated carbocycles. The van der Waals surface area contributed by atoms with Gasteiger partial charge in [0, 0.05) is 37.8 Å². The highest BCUT2D eigenvalue weighted by Crippen LogP contribution is 2.48. The lowest BCUT2D eigenvalue weighted by Crippen LogP contribution is -2.49. The van der Waals surface area contributed by atoms with E-state index in [1.807, 2.05) is 6.92 Å². The number of amides is 3. The van der Waals surface area contributed by atoms with Gasteiger partial charge in [0.2, 0.25) is 11.9 Å². The van der Waals surface area contributed by atoms with E-state index in [0.717, 1.165) is 5.57 Å². The van der Waals surface area contributed by atoms with Gasteiger partial charge >= 0.3 is 6.03 Å². The molecule has 2 heterocycles. The summed E-state index contributed by atoms with van der Waals surface area (Å²) in [6.07, 6.45) is 4.52. The van der Waals surface area contributed by atoms with Crippen LogP contribution in [-0.4, -0.2) is 61.4 Å². The maximum Gasteiger partial charge on any atom is 0.330 e. The van der Waals surface area contributed by atoms with E-state index in [1.54, 1.807) is 49.8 Å². The molecule has 0 saturated heterocycles. The van der Waals surface area contributed by atoms with Crippen LogP contribution < -0.4 is 29.9 Å². The van der Waals surface area contributed by atoms with Crippen molar-refractivity contribution in [3.63, 3.8) is 0 Å². The van der Waals surface area contributed by atoms with Crippen molar-refractivity contribution in [3.05, 3.63) is 76.6 Å². The maximum absolute atomic E-state index is 14.2. The largest absolute Gasteiger partial charge is 0.495 e. The zero-order valence-corrected chi connectivity index (χ0v) is 25.5. The predicted octanol–water partition coefficient (Wildman–Crippen LogP) is 6.07. The van der Waals surface area contributed by atoms with Gasteiger partial charge in [-0.15, -0.1) is 0 Å². The second kappa shape index (κ2) is 13.4. The van der Waals surface area contributed by atoms with Crippen LogP contribution in [0, 0.1) is 0 Å². The van der Waals surface area contributed by atoms with Crippen LogP contribution in [0.15, 0.2) is 66.1 Å². The minimum absolute atomic E-state index is 0.0591. The number of urea groups is 1. The summed E-state index contributed by atoms with van der Waals surface area (Å²) in [4.78, 5) is 38.2. The van der Waals surface area contributed by atoms with E-state index in [0.29, 0.717) is 22.8 Å². The third-order valence-corrected chi connectivity index (χ3v) is 7.09. The van der Waals surface area contributed by atoms with Gasteiger partial charge in [0.05, 0.1) is 44.4 Å². The van der Waals surface area contributed by atoms with Gasteiger partial charge in [0.25, 0.3) is 0 Å². The second-order valence-corrected chi connectivity index (χ2v) is 10.1. The molecule has 224 valence electrons. The zero-order valence-electron chi connectivity index (χ0n) is 24.0. The van der Waals surface area contributed by atoms with E-state index < -0.39 is 6.03 Å². The molecule has 14 heteroatoms. The summed E-state index contributed by atoms with van der Waals surface area (Å²) in [6.45, 7) is 9.07. The van der Waals surface area contributed by atoms with Gasteiger partial charge in [0.15, 0.2) is 0 Å². The zero-order chi connectivity index (χ0) is 31.3. The Morgan fingerprint density at radius 2 is 1.84 bits per heavy atom. The molecule has 0 aliphatic carbocycles. The molecule has 0 spiro atoms. The van der Waals surface area contributed by atoms with Crippen molar-refractivity contribution in [3.8, 4) is 11.5 Å². The quantitative estimate of drug-likeness (QED) is 0.150. The summed E-state index contributed by atoms with van der Waals surface area (Å²) in [5.74, 6) is 0.781. The highest BCUT2D eigenvalue weighted by atomic mass is 35.5. The Morgan fingerprint density at radius 1 is 1.19 bits per heavy atom. The average molecular weight is 626 g/mol. The number of halogens is 2. The highest BCUT2D eigenvalue weighted by Gasteiger charge is 2.37. The van der Waals surface area contributed by atoms with Crippen molar-refractivity contribution in [1.29, 1.82) is 0 Å². The van der Waals surface area contributed by atoms with Gasteiger partial charge in [-0.2, -0.15) is 10.1 Å². The number of carbonyl (C=O) groups excluding carboxylic acids is 2. The summed E-state index contributed by atoms with van der Waals surface area (Å²) in [5.41, 5.74) is 2.67. The van der Waals surface area contributed by atoms with E-state index in [2.05, 4.69) is 34.0 Å². The topological polar surface area (TPSA) is 125 Å². The van der Waals surface area contributed by atoms with Gasteiger partial charge in [-0.3, -0.25) is 19.6 Å². The van der Waals surface area contributed by atoms with Crippen molar-refractivity contribution in [2.45, 2.75) is 13.5 Å². The molecule has 0 radical (unpaired) electrons. The van der Waals surface area contributed by atoms with Gasteiger partial charge < -0.3 is 20.1 Å². The Hall–Kier alpha value is -4.81. The number of rotatable bonds is 11. The Balaban J connectivity index is 1.81. The first-order valence-corrected chi connectivity index (χ1v) is 13.6. The van der Waals surface area contributed by atoms with E-state index in [1.165, 1.54) is 35.1 Å². The standard InChI is InChI=1S/C29H30Cl2N8O4/c1-7-23(40)34-19-10-8-9-11-20(19)35-28-33-13-18-16-38(26-24(30)21(42-5)12-22(43-6)25(26)31)29(41)39(27(18)36-28)15-17(2)14-37(4)32-3/h7-14H,1,3,15-16H2,2,4-6H3,(H,34,40)(H,33,35,36)/b17-14+. The fourth-order valence-corrected chi connectivity index (χ4v) is 5.06. The average Bonchev–Trinajstić information content (AvgIpc) is 3.00. The van der Waals surface area contributed by atoms with Crippen molar-refractivity contribution in [1.82, 2.24) is 15.0 Å². The first kappa shape index (κ1) is 31.1. The monoisotopic (exact) mass is 624 g/mol. The van der Waals surface area contributed by atoms with Gasteiger partial charge in [-0.25, -0.2) is 9.78 Å². The number of benzene rings is 2. The highest BCUT2D eigenvalue weighted by molar-refractivity contribution is 6.42. The van der Waals surface area contributed by atoms with Gasteiger partial charge in [0.1, 0.15) is 27.4 Å². The number of hydrogen-bond acceptors (Lipinski definition) is 9. The number of hydrogen-bond donors (Lipinski definition) is 2. The molecule has 1 aliphatic rings. The van der Waals surface area contributed by atoms with Crippen LogP contribution in [0.4, 0.5) is 33.6 Å². The number of anilines is 5. The molecule has 1 aromatic heterocycles. The maximum atomic E-state index is 14.2. The number of hydrazone groups is 1. The molecule has 3 amide bonds. The van der Waals surface area contributed by atoms with E-state index >= 15 is 0 Å². The van der Waals surface area contributed by atoms with Crippen molar-refractivity contribution < 1.29 is 19.1 Å². The lowest BCUT2D eigenvalue weighted by Gasteiger charge is -2.37. The molecule has 1 aliphatic heterocycles. The summed E-state index contributed by atoms with van der Waals surface area (Å²) in [6, 6.07) is 8.17. The molecule has 0 unspecified atom stereocenters. The molecule has 2 N–H and O–H groups in total. The summed E-state index contributed by atoms with van der Waals surface area (Å²) >= 11 is 13.4. The molecule has 4 rings (SSSR count). The summed E-state index contributed by atoms with van der Waals surface area (Å²) in [5, 5.41) is 11.6. The summed E-state index contributed by atoms with van der Waals surface area (Å²) < 4.78 is 10.8. The first-order chi connectivity index (χ1) is 20.6. The Bertz CT molecular complexity index is 1590. The Morgan fingerprint density at radius 3 is 2.44 bits per heavy atom. The number of ether oxygens (including phenoxy) is 2. The lowest BCUT2D eigenvalue weighted by atomic mass is 10.1. The molecule has 43 heavy (non-hydrogen) atoms. The number of fused-ring (bicyclic) bond motifs is 1. The van der Waals surface area contributed by atoms with Crippen molar-refractivity contribution >= 4 is 70.7 Å². The predicted molar refractivity (Wildman–Crippen MR) is 170 cm³/mol. The number of carbonyl (C=O) groups is 2. The van der Waals surface area contributed by atoms with Crippen molar-refractivity contribution in [2.24, 2.45) is 5.10 Å². The smallest absolute Gasteiger partial charge is 0.330 e. The van der Waals surface area contributed by atoms with E-state index in [9.17, 15) is 9.59 Å². The van der Waals surface area contributed by atoms with Crippen LogP contribution in [0.5, 0.6) is 11.5 Å². The second-order valence-electron chi connectivity index (χ2n) is 9.31. The molecule has 0 atom stereocenters. The number of nitrogens with one attached hydrogen (secondary N) is 2. The third kappa shape index (κ3) is 6.65. The molecular weight excluding hydrogens is 595 g/mol. The molecule has 2 aromatic carbocycles. The molecule has 0 fully saturated rings. The Kier molecular flexibility index (Phi) is 9.73. The molecule has 0 bridgehead atoms.